The predicted molar refractivity (Wildman–Crippen MR) is 187 cm³/mol. The second-order valence-corrected chi connectivity index (χ2v) is 19.3. The van der Waals surface area contributed by atoms with Gasteiger partial charge in [-0.3, -0.25) is 0 Å². The molecule has 0 unspecified atom stereocenters. The van der Waals surface area contributed by atoms with Crippen LogP contribution in [0.5, 0.6) is 0 Å². The van der Waals surface area contributed by atoms with E-state index < -0.39 is 16.1 Å². The summed E-state index contributed by atoms with van der Waals surface area (Å²) in [5.41, 5.74) is 0. The fourth-order valence-corrected chi connectivity index (χ4v) is 16.8. The molecule has 0 fully saturated rings. The van der Waals surface area contributed by atoms with Gasteiger partial charge in [0, 0.05) is 0 Å². The Balaban J connectivity index is 1.41. The van der Waals surface area contributed by atoms with Gasteiger partial charge in [0.15, 0.2) is 0 Å². The monoisotopic (exact) mass is 574 g/mol. The van der Waals surface area contributed by atoms with Crippen molar-refractivity contribution in [3.05, 3.63) is 182 Å². The fraction of sp³-hybridized carbons (Fsp3) is 0.100. The lowest BCUT2D eigenvalue weighted by Gasteiger charge is -2.36. The number of hydrogen-bond donors (Lipinski definition) is 0. The zero-order valence-corrected chi connectivity index (χ0v) is 26.1. The highest BCUT2D eigenvalue weighted by atomic mass is 28.3. The van der Waals surface area contributed by atoms with Crippen LogP contribution in [0.15, 0.2) is 182 Å². The molecule has 0 aliphatic carbocycles. The van der Waals surface area contributed by atoms with Crippen LogP contribution in [0.4, 0.5) is 0 Å². The summed E-state index contributed by atoms with van der Waals surface area (Å²) in [5.74, 6) is 0. The van der Waals surface area contributed by atoms with E-state index in [-0.39, 0.29) is 0 Å². The van der Waals surface area contributed by atoms with E-state index in [1.54, 1.807) is 0 Å². The van der Waals surface area contributed by atoms with Crippen LogP contribution in [0.25, 0.3) is 0 Å². The van der Waals surface area contributed by atoms with E-state index in [4.69, 9.17) is 0 Å². The Bertz CT molecular complexity index is 1310. The van der Waals surface area contributed by atoms with Gasteiger partial charge < -0.3 is 0 Å². The van der Waals surface area contributed by atoms with Gasteiger partial charge in [-0.2, -0.15) is 0 Å². The van der Waals surface area contributed by atoms with Crippen LogP contribution in [-0.4, -0.2) is 16.1 Å². The average Bonchev–Trinajstić information content (AvgIpc) is 3.09. The van der Waals surface area contributed by atoms with Crippen molar-refractivity contribution in [2.75, 3.05) is 0 Å². The van der Waals surface area contributed by atoms with Crippen molar-refractivity contribution in [1.82, 2.24) is 0 Å². The van der Waals surface area contributed by atoms with Gasteiger partial charge in [0.05, 0.1) is 0 Å². The number of benzene rings is 6. The largest absolute Gasteiger partial charge is 0.148 e. The molecule has 0 amide bonds. The molecule has 206 valence electrons. The van der Waals surface area contributed by atoms with E-state index in [2.05, 4.69) is 182 Å². The van der Waals surface area contributed by atoms with Crippen LogP contribution in [0, 0.1) is 0 Å². The van der Waals surface area contributed by atoms with Crippen molar-refractivity contribution >= 4 is 47.3 Å². The minimum absolute atomic E-state index is 1.19. The van der Waals surface area contributed by atoms with Crippen LogP contribution in [-0.2, 0) is 0 Å². The Hall–Kier alpha value is -4.25. The Morgan fingerprint density at radius 3 is 0.571 bits per heavy atom. The summed E-state index contributed by atoms with van der Waals surface area (Å²) < 4.78 is 0. The van der Waals surface area contributed by atoms with E-state index >= 15 is 0 Å². The Kier molecular flexibility index (Phi) is 8.74. The predicted octanol–water partition coefficient (Wildman–Crippen LogP) is 6.11. The van der Waals surface area contributed by atoms with Gasteiger partial charge in [0.25, 0.3) is 0 Å². The highest BCUT2D eigenvalue weighted by molar-refractivity contribution is 7.12. The highest BCUT2D eigenvalue weighted by Crippen LogP contribution is 2.22. The second kappa shape index (κ2) is 13.2. The highest BCUT2D eigenvalue weighted by Gasteiger charge is 2.41. The van der Waals surface area contributed by atoms with Crippen molar-refractivity contribution in [3.8, 4) is 0 Å². The first kappa shape index (κ1) is 27.9. The molecule has 0 spiro atoms. The summed E-state index contributed by atoms with van der Waals surface area (Å²) in [7, 11) is -4.49. The maximum atomic E-state index is 2.38. The average molecular weight is 575 g/mol. The maximum absolute atomic E-state index is 2.38. The topological polar surface area (TPSA) is 0 Å². The van der Waals surface area contributed by atoms with E-state index in [0.29, 0.717) is 0 Å². The third kappa shape index (κ3) is 5.48. The maximum Gasteiger partial charge on any atom is 0.148 e. The van der Waals surface area contributed by atoms with Gasteiger partial charge in [-0.1, -0.05) is 195 Å². The molecule has 6 rings (SSSR count). The quantitative estimate of drug-likeness (QED) is 0.0996. The first-order chi connectivity index (χ1) is 20.8. The zero-order valence-electron chi connectivity index (χ0n) is 24.1. The molecule has 0 nitrogen and oxygen atoms in total. The minimum atomic E-state index is -2.24. The van der Waals surface area contributed by atoms with Gasteiger partial charge in [-0.15, -0.1) is 0 Å². The molecule has 0 aromatic heterocycles. The molecule has 42 heavy (non-hydrogen) atoms. The molecular weight excluding hydrogens is 537 g/mol. The van der Waals surface area contributed by atoms with Crippen LogP contribution in [0.3, 0.4) is 0 Å². The Morgan fingerprint density at radius 2 is 0.405 bits per heavy atom. The van der Waals surface area contributed by atoms with Crippen molar-refractivity contribution < 1.29 is 0 Å². The molecule has 0 bridgehead atoms. The molecule has 0 radical (unpaired) electrons. The molecule has 0 saturated carbocycles. The van der Waals surface area contributed by atoms with Crippen molar-refractivity contribution in [3.63, 3.8) is 0 Å². The fourth-order valence-electron chi connectivity index (χ4n) is 6.98. The van der Waals surface area contributed by atoms with Gasteiger partial charge in [-0.25, -0.2) is 0 Å². The molecule has 0 atom stereocenters. The number of unbranched alkanes of at least 4 members (excludes halogenated alkanes) is 1. The molecule has 0 aliphatic heterocycles. The summed E-state index contributed by atoms with van der Waals surface area (Å²) in [5, 5.41) is 9.00. The normalized spacial score (nSPS) is 11.7. The summed E-state index contributed by atoms with van der Waals surface area (Å²) in [6, 6.07) is 70.5. The summed E-state index contributed by atoms with van der Waals surface area (Å²) in [6.07, 6.45) is 2.37. The first-order valence-corrected chi connectivity index (χ1v) is 19.6. The lowest BCUT2D eigenvalue weighted by atomic mass is 10.3. The van der Waals surface area contributed by atoms with Crippen LogP contribution < -0.4 is 31.1 Å². The SMILES string of the molecule is c1ccc([Si](CCCC[Si](c2ccccc2)(c2ccccc2)c2ccccc2)(c2ccccc2)c2ccccc2)cc1. The lowest BCUT2D eigenvalue weighted by Crippen LogP contribution is -2.67. The second-order valence-electron chi connectivity index (χ2n) is 11.2. The van der Waals surface area contributed by atoms with Crippen molar-refractivity contribution in [1.29, 1.82) is 0 Å². The molecule has 6 aromatic carbocycles. The van der Waals surface area contributed by atoms with Crippen LogP contribution in [0.1, 0.15) is 12.8 Å². The minimum Gasteiger partial charge on any atom is -0.0624 e. The smallest absolute Gasteiger partial charge is 0.0624 e. The molecule has 0 N–H and O–H groups in total. The third-order valence-corrected chi connectivity index (χ3v) is 19.1. The summed E-state index contributed by atoms with van der Waals surface area (Å²) in [4.78, 5) is 0. The number of rotatable bonds is 11. The van der Waals surface area contributed by atoms with E-state index in [1.807, 2.05) is 0 Å². The lowest BCUT2D eigenvalue weighted by molar-refractivity contribution is 0.863. The summed E-state index contributed by atoms with van der Waals surface area (Å²) >= 11 is 0. The molecule has 2 heteroatoms. The van der Waals surface area contributed by atoms with Crippen LogP contribution >= 0.6 is 0 Å². The van der Waals surface area contributed by atoms with Gasteiger partial charge >= 0.3 is 0 Å². The molecular formula is C40H38Si2. The zero-order chi connectivity index (χ0) is 28.5. The third-order valence-electron chi connectivity index (χ3n) is 8.95. The van der Waals surface area contributed by atoms with Gasteiger partial charge in [0.1, 0.15) is 16.1 Å². The van der Waals surface area contributed by atoms with Gasteiger partial charge in [0.2, 0.25) is 0 Å². The van der Waals surface area contributed by atoms with E-state index in [0.717, 1.165) is 0 Å². The molecule has 0 aliphatic rings. The van der Waals surface area contributed by atoms with Gasteiger partial charge in [-0.05, 0) is 43.2 Å². The first-order valence-electron chi connectivity index (χ1n) is 15.2. The van der Waals surface area contributed by atoms with E-state index in [9.17, 15) is 0 Å². The number of hydrogen-bond acceptors (Lipinski definition) is 0. The molecule has 6 aromatic rings. The Morgan fingerprint density at radius 1 is 0.238 bits per heavy atom. The van der Waals surface area contributed by atoms with Crippen molar-refractivity contribution in [2.45, 2.75) is 24.9 Å². The molecule has 0 heterocycles. The van der Waals surface area contributed by atoms with E-state index in [1.165, 1.54) is 56.1 Å². The summed E-state index contributed by atoms with van der Waals surface area (Å²) in [6.45, 7) is 0. The molecule has 0 saturated heterocycles. The Labute approximate surface area is 253 Å². The standard InChI is InChI=1S/C40H38Si2/c1-7-21-35(22-8-1)41(36-23-9-2-10-24-36,37-25-11-3-12-26-37)33-19-20-34-42(38-27-13-4-14-28-38,39-29-15-5-16-30-39)40-31-17-6-18-32-40/h1-18,21-32H,19-20,33-34H2. The van der Waals surface area contributed by atoms with Crippen LogP contribution in [0.2, 0.25) is 12.1 Å². The van der Waals surface area contributed by atoms with Crippen molar-refractivity contribution in [2.24, 2.45) is 0 Å².